The molecule has 0 aliphatic carbocycles. The molecule has 2 aromatic rings. The van der Waals surface area contributed by atoms with Crippen molar-refractivity contribution < 1.29 is 9.84 Å². The SMILES string of the molecule is Cc1nc2ccc(OC(C)CO)cc2s1. The minimum atomic E-state index is -0.170. The van der Waals surface area contributed by atoms with Crippen LogP contribution in [-0.2, 0) is 0 Å². The van der Waals surface area contributed by atoms with Gasteiger partial charge in [0.05, 0.1) is 21.8 Å². The van der Waals surface area contributed by atoms with Crippen LogP contribution in [0.4, 0.5) is 0 Å². The van der Waals surface area contributed by atoms with Gasteiger partial charge in [0.15, 0.2) is 0 Å². The maximum Gasteiger partial charge on any atom is 0.121 e. The summed E-state index contributed by atoms with van der Waals surface area (Å²) >= 11 is 1.65. The highest BCUT2D eigenvalue weighted by Crippen LogP contribution is 2.26. The van der Waals surface area contributed by atoms with Crippen molar-refractivity contribution in [3.05, 3.63) is 23.2 Å². The highest BCUT2D eigenvalue weighted by molar-refractivity contribution is 7.18. The molecule has 0 radical (unpaired) electrons. The molecule has 3 nitrogen and oxygen atoms in total. The zero-order valence-corrected chi connectivity index (χ0v) is 9.54. The lowest BCUT2D eigenvalue weighted by molar-refractivity contribution is 0.130. The van der Waals surface area contributed by atoms with Gasteiger partial charge in [0, 0.05) is 0 Å². The number of aryl methyl sites for hydroxylation is 1. The molecule has 0 spiro atoms. The van der Waals surface area contributed by atoms with E-state index in [0.29, 0.717) is 0 Å². The van der Waals surface area contributed by atoms with Gasteiger partial charge >= 0.3 is 0 Å². The topological polar surface area (TPSA) is 42.4 Å². The molecule has 15 heavy (non-hydrogen) atoms. The summed E-state index contributed by atoms with van der Waals surface area (Å²) in [6, 6.07) is 5.79. The van der Waals surface area contributed by atoms with Crippen molar-refractivity contribution >= 4 is 21.6 Å². The zero-order valence-electron chi connectivity index (χ0n) is 8.73. The normalized spacial score (nSPS) is 13.0. The first-order valence-corrected chi connectivity index (χ1v) is 5.65. The summed E-state index contributed by atoms with van der Waals surface area (Å²) in [4.78, 5) is 4.37. The van der Waals surface area contributed by atoms with Crippen LogP contribution in [0.5, 0.6) is 5.75 Å². The molecule has 0 aliphatic heterocycles. The summed E-state index contributed by atoms with van der Waals surface area (Å²) in [5.41, 5.74) is 1.00. The molecule has 1 aromatic heterocycles. The van der Waals surface area contributed by atoms with Crippen molar-refractivity contribution in [3.8, 4) is 5.75 Å². The van der Waals surface area contributed by atoms with E-state index in [9.17, 15) is 0 Å². The Balaban J connectivity index is 2.30. The Morgan fingerprint density at radius 1 is 1.53 bits per heavy atom. The van der Waals surface area contributed by atoms with Crippen LogP contribution in [0.3, 0.4) is 0 Å². The molecule has 0 bridgehead atoms. The number of hydrogen-bond donors (Lipinski definition) is 1. The first-order chi connectivity index (χ1) is 7.19. The number of ether oxygens (including phenoxy) is 1. The summed E-state index contributed by atoms with van der Waals surface area (Å²) in [6.07, 6.45) is -0.170. The zero-order chi connectivity index (χ0) is 10.8. The van der Waals surface area contributed by atoms with Crippen LogP contribution in [0.1, 0.15) is 11.9 Å². The largest absolute Gasteiger partial charge is 0.488 e. The molecular formula is C11H13NO2S. The molecule has 1 aromatic carbocycles. The fourth-order valence-corrected chi connectivity index (χ4v) is 2.22. The van der Waals surface area contributed by atoms with Crippen molar-refractivity contribution in [2.45, 2.75) is 20.0 Å². The van der Waals surface area contributed by atoms with Crippen LogP contribution < -0.4 is 4.74 Å². The molecule has 4 heteroatoms. The van der Waals surface area contributed by atoms with E-state index >= 15 is 0 Å². The van der Waals surface area contributed by atoms with Gasteiger partial charge in [0.2, 0.25) is 0 Å². The van der Waals surface area contributed by atoms with Gasteiger partial charge in [-0.15, -0.1) is 11.3 Å². The third kappa shape index (κ3) is 2.27. The molecule has 1 heterocycles. The highest BCUT2D eigenvalue weighted by Gasteiger charge is 2.05. The number of aromatic nitrogens is 1. The second-order valence-electron chi connectivity index (χ2n) is 3.47. The molecule has 0 saturated carbocycles. The smallest absolute Gasteiger partial charge is 0.121 e. The van der Waals surface area contributed by atoms with Gasteiger partial charge in [-0.25, -0.2) is 4.98 Å². The van der Waals surface area contributed by atoms with E-state index in [-0.39, 0.29) is 12.7 Å². The molecule has 1 unspecified atom stereocenters. The van der Waals surface area contributed by atoms with Crippen molar-refractivity contribution in [3.63, 3.8) is 0 Å². The van der Waals surface area contributed by atoms with Gasteiger partial charge in [-0.2, -0.15) is 0 Å². The predicted molar refractivity (Wildman–Crippen MR) is 61.5 cm³/mol. The predicted octanol–water partition coefficient (Wildman–Crippen LogP) is 2.36. The van der Waals surface area contributed by atoms with Crippen molar-refractivity contribution in [2.75, 3.05) is 6.61 Å². The van der Waals surface area contributed by atoms with Gasteiger partial charge in [0.1, 0.15) is 11.9 Å². The number of hydrogen-bond acceptors (Lipinski definition) is 4. The summed E-state index contributed by atoms with van der Waals surface area (Å²) in [6.45, 7) is 3.85. The van der Waals surface area contributed by atoms with Crippen LogP contribution in [-0.4, -0.2) is 22.8 Å². The van der Waals surface area contributed by atoms with Crippen LogP contribution in [0, 0.1) is 6.92 Å². The monoisotopic (exact) mass is 223 g/mol. The molecule has 0 saturated heterocycles. The summed E-state index contributed by atoms with van der Waals surface area (Å²) in [5, 5.41) is 9.93. The lowest BCUT2D eigenvalue weighted by Gasteiger charge is -2.11. The molecule has 0 fully saturated rings. The Morgan fingerprint density at radius 2 is 2.33 bits per heavy atom. The number of nitrogens with zero attached hydrogens (tertiary/aromatic N) is 1. The number of rotatable bonds is 3. The van der Waals surface area contributed by atoms with E-state index in [0.717, 1.165) is 21.0 Å². The number of benzene rings is 1. The van der Waals surface area contributed by atoms with Crippen molar-refractivity contribution in [1.82, 2.24) is 4.98 Å². The Kier molecular flexibility index (Phi) is 2.88. The minimum Gasteiger partial charge on any atom is -0.488 e. The lowest BCUT2D eigenvalue weighted by Crippen LogP contribution is -2.15. The first-order valence-electron chi connectivity index (χ1n) is 4.84. The fourth-order valence-electron chi connectivity index (χ4n) is 1.36. The number of fused-ring (bicyclic) bond motifs is 1. The summed E-state index contributed by atoms with van der Waals surface area (Å²) in [5.74, 6) is 0.785. The van der Waals surface area contributed by atoms with Crippen LogP contribution in [0.2, 0.25) is 0 Å². The van der Waals surface area contributed by atoms with E-state index in [4.69, 9.17) is 9.84 Å². The van der Waals surface area contributed by atoms with Gasteiger partial charge in [0.25, 0.3) is 0 Å². The molecule has 80 valence electrons. The first kappa shape index (κ1) is 10.4. The minimum absolute atomic E-state index is 0.0275. The van der Waals surface area contributed by atoms with Gasteiger partial charge in [-0.3, -0.25) is 0 Å². The Labute approximate surface area is 92.3 Å². The second kappa shape index (κ2) is 4.16. The Morgan fingerprint density at radius 3 is 3.07 bits per heavy atom. The van der Waals surface area contributed by atoms with E-state index < -0.39 is 0 Å². The van der Waals surface area contributed by atoms with E-state index in [1.54, 1.807) is 11.3 Å². The number of thiazole rings is 1. The van der Waals surface area contributed by atoms with E-state index in [1.807, 2.05) is 32.0 Å². The molecule has 2 rings (SSSR count). The van der Waals surface area contributed by atoms with Gasteiger partial charge in [-0.1, -0.05) is 0 Å². The molecule has 0 aliphatic rings. The molecule has 1 N–H and O–H groups in total. The number of aliphatic hydroxyl groups excluding tert-OH is 1. The van der Waals surface area contributed by atoms with E-state index in [2.05, 4.69) is 4.98 Å². The average molecular weight is 223 g/mol. The molecule has 0 amide bonds. The molecule has 1 atom stereocenters. The highest BCUT2D eigenvalue weighted by atomic mass is 32.1. The summed E-state index contributed by atoms with van der Waals surface area (Å²) < 4.78 is 6.63. The van der Waals surface area contributed by atoms with Crippen LogP contribution >= 0.6 is 11.3 Å². The summed E-state index contributed by atoms with van der Waals surface area (Å²) in [7, 11) is 0. The molecular weight excluding hydrogens is 210 g/mol. The van der Waals surface area contributed by atoms with Gasteiger partial charge in [-0.05, 0) is 32.0 Å². The second-order valence-corrected chi connectivity index (χ2v) is 4.71. The standard InChI is InChI=1S/C11H13NO2S/c1-7(6-13)14-9-3-4-10-11(5-9)15-8(2)12-10/h3-5,7,13H,6H2,1-2H3. The van der Waals surface area contributed by atoms with Crippen molar-refractivity contribution in [1.29, 1.82) is 0 Å². The van der Waals surface area contributed by atoms with Crippen LogP contribution in [0.25, 0.3) is 10.2 Å². The maximum atomic E-state index is 8.88. The van der Waals surface area contributed by atoms with E-state index in [1.165, 1.54) is 0 Å². The van der Waals surface area contributed by atoms with Crippen LogP contribution in [0.15, 0.2) is 18.2 Å². The lowest BCUT2D eigenvalue weighted by atomic mass is 10.3. The number of aliphatic hydroxyl groups is 1. The quantitative estimate of drug-likeness (QED) is 0.868. The third-order valence-corrected chi connectivity index (χ3v) is 2.99. The van der Waals surface area contributed by atoms with Gasteiger partial charge < -0.3 is 9.84 Å². The third-order valence-electron chi connectivity index (χ3n) is 2.06. The maximum absolute atomic E-state index is 8.88. The van der Waals surface area contributed by atoms with Crippen molar-refractivity contribution in [2.24, 2.45) is 0 Å². The Hall–Kier alpha value is -1.13. The fraction of sp³-hybridized carbons (Fsp3) is 0.364. The average Bonchev–Trinajstić information content (AvgIpc) is 2.57. The Bertz CT molecular complexity index is 467.